The number of halogens is 1. The van der Waals surface area contributed by atoms with Gasteiger partial charge in [-0.1, -0.05) is 78.4 Å². The Morgan fingerprint density at radius 2 is 1.63 bits per heavy atom. The molecule has 0 aliphatic carbocycles. The van der Waals surface area contributed by atoms with E-state index >= 15 is 0 Å². The Labute approximate surface area is 180 Å². The van der Waals surface area contributed by atoms with Crippen molar-refractivity contribution in [3.8, 4) is 11.5 Å². The Kier molecular flexibility index (Phi) is 5.82. The molecule has 148 valence electrons. The highest BCUT2D eigenvalue weighted by atomic mass is 35.5. The monoisotopic (exact) mass is 414 g/mol. The van der Waals surface area contributed by atoms with Crippen LogP contribution in [0.15, 0.2) is 84.9 Å². The number of ether oxygens (including phenoxy) is 2. The van der Waals surface area contributed by atoms with Crippen molar-refractivity contribution in [3.05, 3.63) is 107 Å². The molecular formula is C26H19ClO3. The van der Waals surface area contributed by atoms with E-state index < -0.39 is 5.97 Å². The summed E-state index contributed by atoms with van der Waals surface area (Å²) in [5, 5.41) is 2.86. The van der Waals surface area contributed by atoms with Gasteiger partial charge in [-0.3, -0.25) is 0 Å². The standard InChI is InChI=1S/C26H19ClO3/c1-29-25-16-18(12-14-20-8-4-7-19-6-2-3-11-23(19)20)13-15-24(25)30-26(28)21-9-5-10-22(27)17-21/h2-17H,1H3. The largest absolute Gasteiger partial charge is 0.493 e. The molecular weight excluding hydrogens is 396 g/mol. The molecule has 4 heteroatoms. The lowest BCUT2D eigenvalue weighted by Gasteiger charge is -2.10. The first-order valence-electron chi connectivity index (χ1n) is 9.46. The average molecular weight is 415 g/mol. The fourth-order valence-corrected chi connectivity index (χ4v) is 3.42. The average Bonchev–Trinajstić information content (AvgIpc) is 2.78. The van der Waals surface area contributed by atoms with Crippen LogP contribution < -0.4 is 9.47 Å². The quantitative estimate of drug-likeness (QED) is 0.202. The number of fused-ring (bicyclic) bond motifs is 1. The first-order chi connectivity index (χ1) is 14.6. The lowest BCUT2D eigenvalue weighted by atomic mass is 10.0. The van der Waals surface area contributed by atoms with Crippen molar-refractivity contribution in [2.75, 3.05) is 7.11 Å². The Balaban J connectivity index is 1.57. The Morgan fingerprint density at radius 3 is 2.47 bits per heavy atom. The van der Waals surface area contributed by atoms with E-state index in [-0.39, 0.29) is 0 Å². The summed E-state index contributed by atoms with van der Waals surface area (Å²) < 4.78 is 10.9. The molecule has 0 aliphatic heterocycles. The second-order valence-corrected chi connectivity index (χ2v) is 7.15. The number of hydrogen-bond acceptors (Lipinski definition) is 3. The first kappa shape index (κ1) is 19.7. The molecule has 0 saturated carbocycles. The van der Waals surface area contributed by atoms with Gasteiger partial charge in [-0.05, 0) is 52.2 Å². The van der Waals surface area contributed by atoms with Crippen LogP contribution in [0.5, 0.6) is 11.5 Å². The highest BCUT2D eigenvalue weighted by Gasteiger charge is 2.13. The second-order valence-electron chi connectivity index (χ2n) is 6.71. The van der Waals surface area contributed by atoms with Gasteiger partial charge < -0.3 is 9.47 Å². The molecule has 0 radical (unpaired) electrons. The van der Waals surface area contributed by atoms with Gasteiger partial charge in [0.05, 0.1) is 12.7 Å². The molecule has 0 heterocycles. The molecule has 0 spiro atoms. The molecule has 0 saturated heterocycles. The third-order valence-corrected chi connectivity index (χ3v) is 4.96. The van der Waals surface area contributed by atoms with Crippen LogP contribution in [0.25, 0.3) is 22.9 Å². The highest BCUT2D eigenvalue weighted by molar-refractivity contribution is 6.30. The van der Waals surface area contributed by atoms with Crippen molar-refractivity contribution in [2.45, 2.75) is 0 Å². The summed E-state index contributed by atoms with van der Waals surface area (Å²) in [6, 6.07) is 26.6. The van der Waals surface area contributed by atoms with E-state index in [2.05, 4.69) is 30.3 Å². The normalized spacial score (nSPS) is 11.0. The SMILES string of the molecule is COc1cc(C=Cc2cccc3ccccc23)ccc1OC(=O)c1cccc(Cl)c1. The van der Waals surface area contributed by atoms with Crippen LogP contribution in [0, 0.1) is 0 Å². The lowest BCUT2D eigenvalue weighted by Crippen LogP contribution is -2.09. The molecule has 0 bridgehead atoms. The van der Waals surface area contributed by atoms with Gasteiger partial charge in [0, 0.05) is 5.02 Å². The van der Waals surface area contributed by atoms with Crippen LogP contribution in [-0.2, 0) is 0 Å². The van der Waals surface area contributed by atoms with E-state index in [1.54, 1.807) is 37.4 Å². The van der Waals surface area contributed by atoms with Crippen LogP contribution in [0.1, 0.15) is 21.5 Å². The summed E-state index contributed by atoms with van der Waals surface area (Å²) in [5.41, 5.74) is 2.44. The summed E-state index contributed by atoms with van der Waals surface area (Å²) >= 11 is 5.95. The van der Waals surface area contributed by atoms with Gasteiger partial charge in [-0.25, -0.2) is 4.79 Å². The zero-order valence-electron chi connectivity index (χ0n) is 16.3. The maximum absolute atomic E-state index is 12.4. The zero-order valence-corrected chi connectivity index (χ0v) is 17.1. The molecule has 4 rings (SSSR count). The number of hydrogen-bond donors (Lipinski definition) is 0. The first-order valence-corrected chi connectivity index (χ1v) is 9.83. The topological polar surface area (TPSA) is 35.5 Å². The summed E-state index contributed by atoms with van der Waals surface area (Å²) in [7, 11) is 1.55. The van der Waals surface area contributed by atoms with Gasteiger partial charge in [-0.2, -0.15) is 0 Å². The van der Waals surface area contributed by atoms with Gasteiger partial charge in [0.2, 0.25) is 0 Å². The number of rotatable bonds is 5. The Hall–Kier alpha value is -3.56. The number of esters is 1. The smallest absolute Gasteiger partial charge is 0.343 e. The molecule has 0 amide bonds. The van der Waals surface area contributed by atoms with Crippen LogP contribution >= 0.6 is 11.6 Å². The van der Waals surface area contributed by atoms with E-state index in [1.807, 2.05) is 36.4 Å². The van der Waals surface area contributed by atoms with Crippen molar-refractivity contribution in [3.63, 3.8) is 0 Å². The fourth-order valence-electron chi connectivity index (χ4n) is 3.23. The van der Waals surface area contributed by atoms with Crippen molar-refractivity contribution >= 4 is 40.5 Å². The predicted octanol–water partition coefficient (Wildman–Crippen LogP) is 6.89. The van der Waals surface area contributed by atoms with E-state index in [9.17, 15) is 4.79 Å². The molecule has 0 atom stereocenters. The number of methoxy groups -OCH3 is 1. The third kappa shape index (κ3) is 4.37. The van der Waals surface area contributed by atoms with Gasteiger partial charge in [0.1, 0.15) is 0 Å². The zero-order chi connectivity index (χ0) is 20.9. The van der Waals surface area contributed by atoms with Gasteiger partial charge in [-0.15, -0.1) is 0 Å². The fraction of sp³-hybridized carbons (Fsp3) is 0.0385. The molecule has 0 aliphatic rings. The van der Waals surface area contributed by atoms with Crippen molar-refractivity contribution in [1.82, 2.24) is 0 Å². The molecule has 30 heavy (non-hydrogen) atoms. The minimum atomic E-state index is -0.491. The summed E-state index contributed by atoms with van der Waals surface area (Å²) in [5.74, 6) is 0.338. The summed E-state index contributed by atoms with van der Waals surface area (Å²) in [6.07, 6.45) is 4.07. The lowest BCUT2D eigenvalue weighted by molar-refractivity contribution is 0.0729. The van der Waals surface area contributed by atoms with Gasteiger partial charge in [0.15, 0.2) is 11.5 Å². The molecule has 0 fully saturated rings. The minimum Gasteiger partial charge on any atom is -0.493 e. The highest BCUT2D eigenvalue weighted by Crippen LogP contribution is 2.30. The van der Waals surface area contributed by atoms with Crippen molar-refractivity contribution < 1.29 is 14.3 Å². The summed E-state index contributed by atoms with van der Waals surface area (Å²) in [4.78, 5) is 12.4. The predicted molar refractivity (Wildman–Crippen MR) is 122 cm³/mol. The molecule has 0 N–H and O–H groups in total. The van der Waals surface area contributed by atoms with Crippen molar-refractivity contribution in [2.24, 2.45) is 0 Å². The molecule has 0 aromatic heterocycles. The van der Waals surface area contributed by atoms with E-state index in [4.69, 9.17) is 21.1 Å². The third-order valence-electron chi connectivity index (χ3n) is 4.73. The summed E-state index contributed by atoms with van der Waals surface area (Å²) in [6.45, 7) is 0. The van der Waals surface area contributed by atoms with Gasteiger partial charge in [0.25, 0.3) is 0 Å². The molecule has 3 nitrogen and oxygen atoms in total. The van der Waals surface area contributed by atoms with Crippen LogP contribution in [-0.4, -0.2) is 13.1 Å². The maximum atomic E-state index is 12.4. The van der Waals surface area contributed by atoms with Crippen LogP contribution in [0.3, 0.4) is 0 Å². The number of benzene rings is 4. The minimum absolute atomic E-state index is 0.352. The van der Waals surface area contributed by atoms with Crippen LogP contribution in [0.2, 0.25) is 5.02 Å². The van der Waals surface area contributed by atoms with E-state index in [0.29, 0.717) is 22.1 Å². The molecule has 4 aromatic carbocycles. The number of carbonyl (C=O) groups excluding carboxylic acids is 1. The maximum Gasteiger partial charge on any atom is 0.343 e. The number of carbonyl (C=O) groups is 1. The van der Waals surface area contributed by atoms with E-state index in [1.165, 1.54) is 10.8 Å². The van der Waals surface area contributed by atoms with E-state index in [0.717, 1.165) is 11.1 Å². The molecule has 0 unspecified atom stereocenters. The Morgan fingerprint density at radius 1 is 0.833 bits per heavy atom. The Bertz CT molecular complexity index is 1240. The van der Waals surface area contributed by atoms with Crippen LogP contribution in [0.4, 0.5) is 0 Å². The van der Waals surface area contributed by atoms with Gasteiger partial charge >= 0.3 is 5.97 Å². The second kappa shape index (κ2) is 8.85. The van der Waals surface area contributed by atoms with Crippen molar-refractivity contribution in [1.29, 1.82) is 0 Å². The molecule has 4 aromatic rings.